The number of anilines is 1. The fourth-order valence-corrected chi connectivity index (χ4v) is 3.01. The number of carbonyl (C=O) groups is 1. The highest BCUT2D eigenvalue weighted by Gasteiger charge is 2.30. The Morgan fingerprint density at radius 1 is 1.29 bits per heavy atom. The van der Waals surface area contributed by atoms with Gasteiger partial charge in [0.2, 0.25) is 11.9 Å². The fourth-order valence-electron chi connectivity index (χ4n) is 3.01. The maximum atomic E-state index is 12.0. The first-order valence-electron chi connectivity index (χ1n) is 8.17. The van der Waals surface area contributed by atoms with Crippen molar-refractivity contribution >= 4 is 11.9 Å². The summed E-state index contributed by atoms with van der Waals surface area (Å²) in [5.41, 5.74) is 2.81. The van der Waals surface area contributed by atoms with Gasteiger partial charge in [-0.1, -0.05) is 6.92 Å². The second kappa shape index (κ2) is 6.90. The third-order valence-corrected chi connectivity index (χ3v) is 4.31. The zero-order valence-electron chi connectivity index (χ0n) is 14.3. The molecular weight excluding hydrogens is 304 g/mol. The van der Waals surface area contributed by atoms with E-state index in [2.05, 4.69) is 15.0 Å². The van der Waals surface area contributed by atoms with E-state index < -0.39 is 0 Å². The van der Waals surface area contributed by atoms with Gasteiger partial charge in [-0.15, -0.1) is 0 Å². The normalized spacial score (nSPS) is 17.1. The van der Waals surface area contributed by atoms with Crippen molar-refractivity contribution in [2.75, 3.05) is 32.1 Å². The van der Waals surface area contributed by atoms with Gasteiger partial charge in [-0.25, -0.2) is 19.9 Å². The van der Waals surface area contributed by atoms with Crippen molar-refractivity contribution in [3.63, 3.8) is 0 Å². The summed E-state index contributed by atoms with van der Waals surface area (Å²) in [6, 6.07) is 0. The first kappa shape index (κ1) is 16.3. The van der Waals surface area contributed by atoms with Crippen LogP contribution < -0.4 is 4.90 Å². The molecule has 3 rings (SSSR count). The lowest BCUT2D eigenvalue weighted by atomic mass is 9.97. The van der Waals surface area contributed by atoms with E-state index >= 15 is 0 Å². The predicted molar refractivity (Wildman–Crippen MR) is 91.6 cm³/mol. The van der Waals surface area contributed by atoms with Crippen molar-refractivity contribution in [1.29, 1.82) is 0 Å². The maximum absolute atomic E-state index is 12.0. The lowest BCUT2D eigenvalue weighted by Crippen LogP contribution is -2.27. The van der Waals surface area contributed by atoms with E-state index in [0.29, 0.717) is 18.9 Å². The molecule has 0 N–H and O–H groups in total. The number of likely N-dealkylation sites (tertiary alicyclic amines) is 1. The molecule has 7 nitrogen and oxygen atoms in total. The summed E-state index contributed by atoms with van der Waals surface area (Å²) in [6.07, 6.45) is 8.34. The molecule has 0 radical (unpaired) electrons. The third-order valence-electron chi connectivity index (χ3n) is 4.31. The quantitative estimate of drug-likeness (QED) is 0.852. The predicted octanol–water partition coefficient (Wildman–Crippen LogP) is 1.73. The number of carbonyl (C=O) groups excluding carboxylic acids is 1. The van der Waals surface area contributed by atoms with E-state index in [9.17, 15) is 4.79 Å². The summed E-state index contributed by atoms with van der Waals surface area (Å²) < 4.78 is 0. The summed E-state index contributed by atoms with van der Waals surface area (Å²) in [6.45, 7) is 3.39. The van der Waals surface area contributed by atoms with Gasteiger partial charge in [-0.05, 0) is 6.42 Å². The van der Waals surface area contributed by atoms with Crippen LogP contribution in [0.15, 0.2) is 24.9 Å². The highest BCUT2D eigenvalue weighted by Crippen LogP contribution is 2.33. The van der Waals surface area contributed by atoms with E-state index in [1.807, 2.05) is 37.0 Å². The molecule has 0 aliphatic carbocycles. The summed E-state index contributed by atoms with van der Waals surface area (Å²) in [5, 5.41) is 0. The highest BCUT2D eigenvalue weighted by atomic mass is 16.2. The molecule has 1 atom stereocenters. The Bertz CT molecular complexity index is 718. The van der Waals surface area contributed by atoms with Gasteiger partial charge < -0.3 is 9.80 Å². The van der Waals surface area contributed by atoms with Crippen LogP contribution in [0.5, 0.6) is 0 Å². The molecule has 2 aromatic rings. The lowest BCUT2D eigenvalue weighted by Gasteiger charge is -2.19. The SMILES string of the molecule is CCC(=O)N1CC[C@H](c2nc(N(C)C)ncc2-c2cncnc2)C1. The summed E-state index contributed by atoms with van der Waals surface area (Å²) >= 11 is 0. The van der Waals surface area contributed by atoms with Crippen molar-refractivity contribution in [2.24, 2.45) is 0 Å². The Morgan fingerprint density at radius 2 is 2.04 bits per heavy atom. The molecule has 0 spiro atoms. The third kappa shape index (κ3) is 3.20. The Morgan fingerprint density at radius 3 is 2.71 bits per heavy atom. The largest absolute Gasteiger partial charge is 0.347 e. The second-order valence-corrected chi connectivity index (χ2v) is 6.17. The van der Waals surface area contributed by atoms with Crippen LogP contribution in [0.4, 0.5) is 5.95 Å². The van der Waals surface area contributed by atoms with Crippen LogP contribution in [0, 0.1) is 0 Å². The molecule has 1 fully saturated rings. The first-order chi connectivity index (χ1) is 11.6. The number of aromatic nitrogens is 4. The van der Waals surface area contributed by atoms with Crippen LogP contribution in [0.3, 0.4) is 0 Å². The average molecular weight is 326 g/mol. The summed E-state index contributed by atoms with van der Waals surface area (Å²) in [5.74, 6) is 1.08. The van der Waals surface area contributed by atoms with Crippen molar-refractivity contribution in [3.05, 3.63) is 30.6 Å². The molecule has 2 aromatic heterocycles. The summed E-state index contributed by atoms with van der Waals surface area (Å²) in [7, 11) is 3.85. The molecular formula is C17H22N6O. The number of hydrogen-bond acceptors (Lipinski definition) is 6. The van der Waals surface area contributed by atoms with Crippen LogP contribution in [-0.4, -0.2) is 57.9 Å². The number of nitrogens with zero attached hydrogens (tertiary/aromatic N) is 6. The lowest BCUT2D eigenvalue weighted by molar-refractivity contribution is -0.129. The van der Waals surface area contributed by atoms with Gasteiger partial charge in [-0.3, -0.25) is 4.79 Å². The monoisotopic (exact) mass is 326 g/mol. The Kier molecular flexibility index (Phi) is 4.69. The minimum absolute atomic E-state index is 0.198. The van der Waals surface area contributed by atoms with Crippen LogP contribution in [0.1, 0.15) is 31.4 Å². The van der Waals surface area contributed by atoms with Crippen molar-refractivity contribution in [3.8, 4) is 11.1 Å². The first-order valence-corrected chi connectivity index (χ1v) is 8.17. The minimum atomic E-state index is 0.198. The minimum Gasteiger partial charge on any atom is -0.347 e. The molecule has 1 aliphatic rings. The molecule has 1 saturated heterocycles. The molecule has 0 saturated carbocycles. The van der Waals surface area contributed by atoms with Crippen LogP contribution >= 0.6 is 0 Å². The second-order valence-electron chi connectivity index (χ2n) is 6.17. The van der Waals surface area contributed by atoms with Gasteiger partial charge in [0.05, 0.1) is 5.69 Å². The molecule has 0 unspecified atom stereocenters. The standard InChI is InChI=1S/C17H22N6O/c1-4-15(24)23-6-5-12(10-23)16-14(13-7-18-11-19-8-13)9-20-17(21-16)22(2)3/h7-9,11-12H,4-6,10H2,1-3H3/t12-/m0/s1. The fraction of sp³-hybridized carbons (Fsp3) is 0.471. The average Bonchev–Trinajstić information content (AvgIpc) is 3.11. The summed E-state index contributed by atoms with van der Waals surface area (Å²) in [4.78, 5) is 33.2. The molecule has 0 aromatic carbocycles. The number of hydrogen-bond donors (Lipinski definition) is 0. The zero-order chi connectivity index (χ0) is 17.1. The Hall–Kier alpha value is -2.57. The molecule has 24 heavy (non-hydrogen) atoms. The molecule has 3 heterocycles. The van der Waals surface area contributed by atoms with Crippen LogP contribution in [-0.2, 0) is 4.79 Å². The number of rotatable bonds is 4. The van der Waals surface area contributed by atoms with Gasteiger partial charge >= 0.3 is 0 Å². The molecule has 1 amide bonds. The van der Waals surface area contributed by atoms with E-state index in [4.69, 9.17) is 4.98 Å². The molecule has 7 heteroatoms. The Labute approximate surface area is 141 Å². The smallest absolute Gasteiger partial charge is 0.225 e. The van der Waals surface area contributed by atoms with Crippen molar-refractivity contribution in [1.82, 2.24) is 24.8 Å². The van der Waals surface area contributed by atoms with Gasteiger partial charge in [0.25, 0.3) is 0 Å². The topological polar surface area (TPSA) is 75.1 Å². The van der Waals surface area contributed by atoms with Crippen molar-refractivity contribution in [2.45, 2.75) is 25.7 Å². The van der Waals surface area contributed by atoms with E-state index in [0.717, 1.165) is 29.8 Å². The van der Waals surface area contributed by atoms with Crippen LogP contribution in [0.2, 0.25) is 0 Å². The van der Waals surface area contributed by atoms with Gasteiger partial charge in [0.15, 0.2) is 0 Å². The van der Waals surface area contributed by atoms with Crippen LogP contribution in [0.25, 0.3) is 11.1 Å². The molecule has 126 valence electrons. The highest BCUT2D eigenvalue weighted by molar-refractivity contribution is 5.76. The van der Waals surface area contributed by atoms with Crippen molar-refractivity contribution < 1.29 is 4.79 Å². The maximum Gasteiger partial charge on any atom is 0.225 e. The zero-order valence-corrected chi connectivity index (χ0v) is 14.3. The van der Waals surface area contributed by atoms with Gasteiger partial charge in [-0.2, -0.15) is 0 Å². The Balaban J connectivity index is 1.98. The molecule has 1 aliphatic heterocycles. The van der Waals surface area contributed by atoms with E-state index in [1.54, 1.807) is 12.4 Å². The molecule has 0 bridgehead atoms. The van der Waals surface area contributed by atoms with Gasteiger partial charge in [0, 0.05) is 69.2 Å². The van der Waals surface area contributed by atoms with E-state index in [-0.39, 0.29) is 11.8 Å². The van der Waals surface area contributed by atoms with E-state index in [1.165, 1.54) is 6.33 Å². The van der Waals surface area contributed by atoms with Gasteiger partial charge in [0.1, 0.15) is 6.33 Å². The number of amides is 1.